The summed E-state index contributed by atoms with van der Waals surface area (Å²) in [5.41, 5.74) is 1.90. The molecule has 3 unspecified atom stereocenters. The molecule has 0 spiro atoms. The minimum atomic E-state index is -0.478. The van der Waals surface area contributed by atoms with E-state index in [1.165, 1.54) is 12.8 Å². The van der Waals surface area contributed by atoms with Gasteiger partial charge in [0.2, 0.25) is 0 Å². The van der Waals surface area contributed by atoms with Crippen molar-refractivity contribution in [1.29, 1.82) is 0 Å². The van der Waals surface area contributed by atoms with E-state index in [4.69, 9.17) is 4.52 Å². The molecule has 5 fully saturated rings. The molecule has 0 aromatic carbocycles. The van der Waals surface area contributed by atoms with E-state index in [0.717, 1.165) is 48.8 Å². The summed E-state index contributed by atoms with van der Waals surface area (Å²) in [5, 5.41) is 22.6. The number of fused-ring (bicyclic) bond motifs is 1. The number of nitrogens with one attached hydrogen (secondary N) is 3. The van der Waals surface area contributed by atoms with Crippen molar-refractivity contribution in [3.8, 4) is 11.5 Å². The molecule has 5 atom stereocenters. The average Bonchev–Trinajstić information content (AvgIpc) is 3.27. The van der Waals surface area contributed by atoms with Crippen LogP contribution in [0.5, 0.6) is 0 Å². The first-order valence-electron chi connectivity index (χ1n) is 12.1. The van der Waals surface area contributed by atoms with Crippen molar-refractivity contribution in [2.24, 2.45) is 23.7 Å². The number of hydrogen-bond acceptors (Lipinski definition) is 7. The Hall–Kier alpha value is -2.94. The van der Waals surface area contributed by atoms with Gasteiger partial charge in [-0.2, -0.15) is 4.98 Å². The van der Waals surface area contributed by atoms with Gasteiger partial charge in [0.05, 0.1) is 16.9 Å². The third-order valence-corrected chi connectivity index (χ3v) is 8.25. The SMILES string of the molecule is O=C(NCC1CC1)c1noc(-c2cnc3[nH]ccc3c2NC2[C@@H]3CC4C[C@H]2CC(O)(C4)C3)n1. The smallest absolute Gasteiger partial charge is 0.292 e. The van der Waals surface area contributed by atoms with E-state index >= 15 is 0 Å². The van der Waals surface area contributed by atoms with Gasteiger partial charge in [-0.05, 0) is 74.7 Å². The molecule has 9 nitrogen and oxygen atoms in total. The Morgan fingerprint density at radius 2 is 2.06 bits per heavy atom. The predicted molar refractivity (Wildman–Crippen MR) is 120 cm³/mol. The minimum Gasteiger partial charge on any atom is -0.390 e. The molecular formula is C24H28N6O3. The van der Waals surface area contributed by atoms with Crippen molar-refractivity contribution in [2.45, 2.75) is 56.6 Å². The average molecular weight is 449 g/mol. The largest absolute Gasteiger partial charge is 0.390 e. The van der Waals surface area contributed by atoms with Gasteiger partial charge in [-0.3, -0.25) is 4.79 Å². The summed E-state index contributed by atoms with van der Waals surface area (Å²) in [6, 6.07) is 2.28. The summed E-state index contributed by atoms with van der Waals surface area (Å²) in [4.78, 5) is 24.6. The molecule has 3 aromatic heterocycles. The van der Waals surface area contributed by atoms with E-state index in [-0.39, 0.29) is 23.7 Å². The van der Waals surface area contributed by atoms with Gasteiger partial charge in [-0.25, -0.2) is 4.98 Å². The topological polar surface area (TPSA) is 129 Å². The molecule has 5 saturated carbocycles. The van der Waals surface area contributed by atoms with E-state index in [1.807, 2.05) is 12.3 Å². The van der Waals surface area contributed by atoms with Gasteiger partial charge in [0.1, 0.15) is 5.65 Å². The molecule has 33 heavy (non-hydrogen) atoms. The highest BCUT2D eigenvalue weighted by Crippen LogP contribution is 2.56. The summed E-state index contributed by atoms with van der Waals surface area (Å²) in [6.45, 7) is 0.657. The molecule has 0 saturated heterocycles. The highest BCUT2D eigenvalue weighted by molar-refractivity contribution is 5.97. The fraction of sp³-hybridized carbons (Fsp3) is 0.583. The third kappa shape index (κ3) is 3.32. The van der Waals surface area contributed by atoms with E-state index < -0.39 is 5.60 Å². The molecule has 4 bridgehead atoms. The lowest BCUT2D eigenvalue weighted by Crippen LogP contribution is -2.59. The quantitative estimate of drug-likeness (QED) is 0.456. The molecule has 8 rings (SSSR count). The summed E-state index contributed by atoms with van der Waals surface area (Å²) in [5.74, 6) is 2.13. The minimum absolute atomic E-state index is 0.0441. The van der Waals surface area contributed by atoms with Crippen LogP contribution in [0.3, 0.4) is 0 Å². The summed E-state index contributed by atoms with van der Waals surface area (Å²) in [6.07, 6.45) is 10.9. The van der Waals surface area contributed by atoms with Crippen molar-refractivity contribution in [3.63, 3.8) is 0 Å². The lowest BCUT2D eigenvalue weighted by molar-refractivity contribution is -0.129. The number of rotatable bonds is 6. The number of aromatic amines is 1. The number of aromatic nitrogens is 4. The molecule has 5 aliphatic carbocycles. The van der Waals surface area contributed by atoms with Gasteiger partial charge < -0.3 is 25.2 Å². The molecule has 3 heterocycles. The Morgan fingerprint density at radius 3 is 2.82 bits per heavy atom. The number of anilines is 1. The number of carbonyl (C=O) groups is 1. The normalized spacial score (nSPS) is 32.4. The molecule has 1 amide bonds. The zero-order chi connectivity index (χ0) is 22.2. The van der Waals surface area contributed by atoms with Crippen LogP contribution >= 0.6 is 0 Å². The molecule has 172 valence electrons. The standard InChI is InChI=1S/C24H28N6O3/c31-22(27-10-12-1-2-12)21-29-23(33-30-21)17-11-26-20-16(3-4-25-20)19(17)28-18-14-5-13-6-15(18)9-24(32,7-13)8-14/h3-4,11-15,18,32H,1-2,5-10H2,(H,27,31)(H2,25,26,28)/t13?,14-,15+,18?,24?. The number of amides is 1. The first-order valence-corrected chi connectivity index (χ1v) is 12.1. The molecule has 0 radical (unpaired) electrons. The number of carbonyl (C=O) groups excluding carboxylic acids is 1. The fourth-order valence-corrected chi connectivity index (χ4v) is 6.77. The first kappa shape index (κ1) is 19.5. The molecule has 9 heteroatoms. The second-order valence-electron chi connectivity index (χ2n) is 10.7. The van der Waals surface area contributed by atoms with Crippen molar-refractivity contribution in [2.75, 3.05) is 11.9 Å². The van der Waals surface area contributed by atoms with Gasteiger partial charge in [-0.15, -0.1) is 0 Å². The predicted octanol–water partition coefficient (Wildman–Crippen LogP) is 3.10. The molecular weight excluding hydrogens is 420 g/mol. The van der Waals surface area contributed by atoms with Gasteiger partial charge in [0.15, 0.2) is 0 Å². The lowest BCUT2D eigenvalue weighted by Gasteiger charge is -2.58. The first-order chi connectivity index (χ1) is 16.0. The number of nitrogens with zero attached hydrogens (tertiary/aromatic N) is 3. The Morgan fingerprint density at radius 1 is 1.24 bits per heavy atom. The maximum Gasteiger partial charge on any atom is 0.292 e. The van der Waals surface area contributed by atoms with Crippen LogP contribution in [-0.2, 0) is 0 Å². The van der Waals surface area contributed by atoms with Crippen LogP contribution in [0.2, 0.25) is 0 Å². The van der Waals surface area contributed by atoms with Crippen LogP contribution in [0, 0.1) is 23.7 Å². The molecule has 4 N–H and O–H groups in total. The number of H-pyrrole nitrogens is 1. The highest BCUT2D eigenvalue weighted by atomic mass is 16.5. The molecule has 5 aliphatic rings. The maximum atomic E-state index is 12.4. The zero-order valence-electron chi connectivity index (χ0n) is 18.4. The van der Waals surface area contributed by atoms with E-state index in [2.05, 4.69) is 30.7 Å². The summed E-state index contributed by atoms with van der Waals surface area (Å²) in [7, 11) is 0. The Labute approximate surface area is 190 Å². The van der Waals surface area contributed by atoms with Crippen LogP contribution in [0.25, 0.3) is 22.5 Å². The third-order valence-electron chi connectivity index (χ3n) is 8.25. The van der Waals surface area contributed by atoms with E-state index in [0.29, 0.717) is 35.8 Å². The van der Waals surface area contributed by atoms with Crippen molar-refractivity contribution >= 4 is 22.6 Å². The van der Waals surface area contributed by atoms with Gasteiger partial charge in [-0.1, -0.05) is 5.16 Å². The van der Waals surface area contributed by atoms with Crippen molar-refractivity contribution in [1.82, 2.24) is 25.4 Å². The highest BCUT2D eigenvalue weighted by Gasteiger charge is 2.54. The number of aliphatic hydroxyl groups is 1. The van der Waals surface area contributed by atoms with Crippen molar-refractivity contribution < 1.29 is 14.4 Å². The maximum absolute atomic E-state index is 12.4. The molecule has 3 aromatic rings. The van der Waals surface area contributed by atoms with E-state index in [9.17, 15) is 9.90 Å². The van der Waals surface area contributed by atoms with Gasteiger partial charge in [0.25, 0.3) is 17.6 Å². The Balaban J connectivity index is 1.21. The summed E-state index contributed by atoms with van der Waals surface area (Å²) < 4.78 is 5.53. The Bertz CT molecular complexity index is 1210. The fourth-order valence-electron chi connectivity index (χ4n) is 6.77. The second kappa shape index (κ2) is 7.03. The number of hydrogen-bond donors (Lipinski definition) is 4. The van der Waals surface area contributed by atoms with Crippen LogP contribution in [0.4, 0.5) is 5.69 Å². The lowest BCUT2D eigenvalue weighted by atomic mass is 9.52. The van der Waals surface area contributed by atoms with Gasteiger partial charge >= 0.3 is 0 Å². The zero-order valence-corrected chi connectivity index (χ0v) is 18.4. The van der Waals surface area contributed by atoms with Crippen LogP contribution in [0.1, 0.15) is 55.6 Å². The monoisotopic (exact) mass is 448 g/mol. The van der Waals surface area contributed by atoms with Gasteiger partial charge in [0, 0.05) is 30.4 Å². The second-order valence-corrected chi connectivity index (χ2v) is 10.7. The van der Waals surface area contributed by atoms with E-state index in [1.54, 1.807) is 6.20 Å². The molecule has 0 aliphatic heterocycles. The number of pyridine rings is 1. The summed E-state index contributed by atoms with van der Waals surface area (Å²) >= 11 is 0. The van der Waals surface area contributed by atoms with Crippen molar-refractivity contribution in [3.05, 3.63) is 24.3 Å². The van der Waals surface area contributed by atoms with Crippen LogP contribution < -0.4 is 10.6 Å². The van der Waals surface area contributed by atoms with Crippen LogP contribution in [-0.4, -0.2) is 49.3 Å². The Kier molecular flexibility index (Phi) is 4.16. The van der Waals surface area contributed by atoms with Crippen LogP contribution in [0.15, 0.2) is 23.0 Å².